The minimum atomic E-state index is -1.56. The van der Waals surface area contributed by atoms with E-state index in [2.05, 4.69) is 0 Å². The SMILES string of the molecule is CC(C)C(=O)OC(OC(O)Oc1cccc(Cl)c1)C(C)C. The predicted octanol–water partition coefficient (Wildman–Crippen LogP) is 3.19. The first-order valence-corrected chi connectivity index (χ1v) is 7.13. The fraction of sp³-hybridized carbons (Fsp3) is 0.533. The zero-order chi connectivity index (χ0) is 16.0. The molecular formula is C15H21ClO5. The maximum absolute atomic E-state index is 11.6. The third kappa shape index (κ3) is 6.33. The van der Waals surface area contributed by atoms with Crippen molar-refractivity contribution in [2.24, 2.45) is 11.8 Å². The molecule has 2 unspecified atom stereocenters. The Kier molecular flexibility index (Phi) is 6.95. The minimum absolute atomic E-state index is 0.134. The van der Waals surface area contributed by atoms with Gasteiger partial charge in [-0.05, 0) is 18.2 Å². The van der Waals surface area contributed by atoms with E-state index in [9.17, 15) is 9.90 Å². The van der Waals surface area contributed by atoms with Crippen molar-refractivity contribution in [3.63, 3.8) is 0 Å². The van der Waals surface area contributed by atoms with Crippen LogP contribution in [0.2, 0.25) is 5.02 Å². The molecule has 0 aliphatic carbocycles. The fourth-order valence-electron chi connectivity index (χ4n) is 1.37. The fourth-order valence-corrected chi connectivity index (χ4v) is 1.55. The van der Waals surface area contributed by atoms with Crippen LogP contribution in [0, 0.1) is 11.8 Å². The molecule has 1 aromatic rings. The van der Waals surface area contributed by atoms with Gasteiger partial charge < -0.3 is 14.6 Å². The highest BCUT2D eigenvalue weighted by atomic mass is 35.5. The normalized spacial score (nSPS) is 14.1. The summed E-state index contributed by atoms with van der Waals surface area (Å²) in [6, 6.07) is 6.54. The second-order valence-electron chi connectivity index (χ2n) is 5.22. The van der Waals surface area contributed by atoms with Crippen molar-refractivity contribution in [3.8, 4) is 5.75 Å². The highest BCUT2D eigenvalue weighted by Crippen LogP contribution is 2.20. The lowest BCUT2D eigenvalue weighted by Gasteiger charge is -2.25. The number of carbonyl (C=O) groups is 1. The topological polar surface area (TPSA) is 65.0 Å². The summed E-state index contributed by atoms with van der Waals surface area (Å²) in [6.07, 6.45) is -0.894. The summed E-state index contributed by atoms with van der Waals surface area (Å²) in [5, 5.41) is 10.3. The van der Waals surface area contributed by atoms with Gasteiger partial charge >= 0.3 is 12.4 Å². The van der Waals surface area contributed by atoms with Gasteiger partial charge in [-0.1, -0.05) is 45.4 Å². The van der Waals surface area contributed by atoms with Gasteiger partial charge in [-0.3, -0.25) is 9.53 Å². The maximum atomic E-state index is 11.6. The van der Waals surface area contributed by atoms with E-state index in [1.807, 2.05) is 13.8 Å². The van der Waals surface area contributed by atoms with Crippen LogP contribution in [0.15, 0.2) is 24.3 Å². The Morgan fingerprint density at radius 2 is 1.90 bits per heavy atom. The van der Waals surface area contributed by atoms with Crippen LogP contribution < -0.4 is 4.74 Å². The summed E-state index contributed by atoms with van der Waals surface area (Å²) in [6.45, 7) is 5.50. The Morgan fingerprint density at radius 3 is 2.43 bits per heavy atom. The lowest BCUT2D eigenvalue weighted by atomic mass is 10.2. The van der Waals surface area contributed by atoms with Crippen LogP contribution in [0.1, 0.15) is 27.7 Å². The molecule has 0 aliphatic rings. The molecule has 0 bridgehead atoms. The molecule has 21 heavy (non-hydrogen) atoms. The molecule has 1 aromatic carbocycles. The maximum Gasteiger partial charge on any atom is 0.316 e. The second-order valence-corrected chi connectivity index (χ2v) is 5.66. The Morgan fingerprint density at radius 1 is 1.24 bits per heavy atom. The summed E-state index contributed by atoms with van der Waals surface area (Å²) >= 11 is 5.82. The summed E-state index contributed by atoms with van der Waals surface area (Å²) in [5.74, 6) is -0.456. The average Bonchev–Trinajstić information content (AvgIpc) is 2.37. The molecule has 118 valence electrons. The largest absolute Gasteiger partial charge is 0.441 e. The lowest BCUT2D eigenvalue weighted by Crippen LogP contribution is -2.34. The highest BCUT2D eigenvalue weighted by molar-refractivity contribution is 6.30. The monoisotopic (exact) mass is 316 g/mol. The number of rotatable bonds is 7. The van der Waals surface area contributed by atoms with E-state index in [4.69, 9.17) is 25.8 Å². The molecule has 1 rings (SSSR count). The quantitative estimate of drug-likeness (QED) is 0.618. The van der Waals surface area contributed by atoms with Gasteiger partial charge in [0.05, 0.1) is 5.92 Å². The van der Waals surface area contributed by atoms with E-state index < -0.39 is 18.7 Å². The summed E-state index contributed by atoms with van der Waals surface area (Å²) in [5.41, 5.74) is 0. The standard InChI is InChI=1S/C15H21ClO5/c1-9(2)13(17)20-14(10(3)4)21-15(18)19-12-7-5-6-11(16)8-12/h5-10,14-15,18H,1-4H3. The van der Waals surface area contributed by atoms with Gasteiger partial charge in [0.15, 0.2) is 0 Å². The smallest absolute Gasteiger partial charge is 0.316 e. The van der Waals surface area contributed by atoms with Crippen LogP contribution in [-0.2, 0) is 14.3 Å². The Balaban J connectivity index is 2.60. The van der Waals surface area contributed by atoms with Gasteiger partial charge in [0.25, 0.3) is 0 Å². The third-order valence-corrected chi connectivity index (χ3v) is 2.77. The number of aliphatic hydroxyl groups excluding tert-OH is 1. The molecule has 0 heterocycles. The Bertz CT molecular complexity index is 461. The molecule has 0 aromatic heterocycles. The molecule has 5 nitrogen and oxygen atoms in total. The highest BCUT2D eigenvalue weighted by Gasteiger charge is 2.24. The Labute approximate surface area is 129 Å². The van der Waals surface area contributed by atoms with Gasteiger partial charge in [-0.25, -0.2) is 0 Å². The predicted molar refractivity (Wildman–Crippen MR) is 78.7 cm³/mol. The van der Waals surface area contributed by atoms with Crippen molar-refractivity contribution in [2.45, 2.75) is 40.5 Å². The number of halogens is 1. The van der Waals surface area contributed by atoms with Crippen LogP contribution in [0.3, 0.4) is 0 Å². The van der Waals surface area contributed by atoms with Crippen LogP contribution in [0.25, 0.3) is 0 Å². The number of hydrogen-bond acceptors (Lipinski definition) is 5. The molecule has 0 saturated carbocycles. The van der Waals surface area contributed by atoms with Crippen LogP contribution >= 0.6 is 11.6 Å². The molecule has 0 spiro atoms. The number of hydrogen-bond donors (Lipinski definition) is 1. The molecule has 6 heteroatoms. The van der Waals surface area contributed by atoms with Gasteiger partial charge in [-0.15, -0.1) is 0 Å². The molecule has 0 saturated heterocycles. The van der Waals surface area contributed by atoms with Crippen LogP contribution in [-0.4, -0.2) is 23.8 Å². The van der Waals surface area contributed by atoms with Crippen LogP contribution in [0.4, 0.5) is 0 Å². The van der Waals surface area contributed by atoms with Gasteiger partial charge in [0.1, 0.15) is 5.75 Å². The summed E-state index contributed by atoms with van der Waals surface area (Å²) in [4.78, 5) is 11.6. The first kappa shape index (κ1) is 17.8. The molecule has 0 amide bonds. The van der Waals surface area contributed by atoms with Crippen molar-refractivity contribution in [1.29, 1.82) is 0 Å². The Hall–Kier alpha value is -1.30. The van der Waals surface area contributed by atoms with Crippen LogP contribution in [0.5, 0.6) is 5.75 Å². The number of ether oxygens (including phenoxy) is 3. The number of benzene rings is 1. The molecule has 0 fully saturated rings. The first-order valence-electron chi connectivity index (χ1n) is 6.76. The third-order valence-electron chi connectivity index (χ3n) is 2.53. The van der Waals surface area contributed by atoms with E-state index in [1.54, 1.807) is 38.1 Å². The molecular weight excluding hydrogens is 296 g/mol. The van der Waals surface area contributed by atoms with E-state index >= 15 is 0 Å². The number of carbonyl (C=O) groups excluding carboxylic acids is 1. The van der Waals surface area contributed by atoms with Crippen molar-refractivity contribution < 1.29 is 24.1 Å². The summed E-state index contributed by atoms with van der Waals surface area (Å²) in [7, 11) is 0. The molecule has 2 atom stereocenters. The average molecular weight is 317 g/mol. The van der Waals surface area contributed by atoms with Crippen molar-refractivity contribution in [1.82, 2.24) is 0 Å². The first-order chi connectivity index (χ1) is 9.79. The van der Waals surface area contributed by atoms with Gasteiger partial charge in [0, 0.05) is 10.9 Å². The number of aliphatic hydroxyl groups is 1. The van der Waals surface area contributed by atoms with Crippen molar-refractivity contribution in [2.75, 3.05) is 0 Å². The van der Waals surface area contributed by atoms with E-state index in [1.165, 1.54) is 0 Å². The van der Waals surface area contributed by atoms with E-state index in [0.717, 1.165) is 0 Å². The van der Waals surface area contributed by atoms with E-state index in [-0.39, 0.29) is 11.8 Å². The zero-order valence-corrected chi connectivity index (χ0v) is 13.3. The number of esters is 1. The minimum Gasteiger partial charge on any atom is -0.441 e. The zero-order valence-electron chi connectivity index (χ0n) is 12.6. The molecule has 1 N–H and O–H groups in total. The molecule has 0 radical (unpaired) electrons. The molecule has 0 aliphatic heterocycles. The van der Waals surface area contributed by atoms with Gasteiger partial charge in [0.2, 0.25) is 6.29 Å². The van der Waals surface area contributed by atoms with Crippen molar-refractivity contribution >= 4 is 17.6 Å². The second kappa shape index (κ2) is 8.22. The van der Waals surface area contributed by atoms with E-state index in [0.29, 0.717) is 10.8 Å². The van der Waals surface area contributed by atoms with Gasteiger partial charge in [-0.2, -0.15) is 0 Å². The summed E-state index contributed by atoms with van der Waals surface area (Å²) < 4.78 is 15.6. The van der Waals surface area contributed by atoms with Crippen molar-refractivity contribution in [3.05, 3.63) is 29.3 Å². The lowest BCUT2D eigenvalue weighted by molar-refractivity contribution is -0.298.